The SMILES string of the molecule is Cc1oc(-c2cccs2)nc1CN1c2ccc(S(N)(=O)=O)cc2C[C@H]1C. The molecule has 1 aliphatic heterocycles. The summed E-state index contributed by atoms with van der Waals surface area (Å²) in [4.78, 5) is 8.06. The van der Waals surface area contributed by atoms with Gasteiger partial charge in [0.05, 0.1) is 16.3 Å². The van der Waals surface area contributed by atoms with Crippen LogP contribution in [0.5, 0.6) is 0 Å². The van der Waals surface area contributed by atoms with Gasteiger partial charge in [-0.1, -0.05) is 6.07 Å². The second-order valence-electron chi connectivity index (χ2n) is 6.52. The van der Waals surface area contributed by atoms with E-state index in [2.05, 4.69) is 16.8 Å². The summed E-state index contributed by atoms with van der Waals surface area (Å²) in [5.74, 6) is 1.44. The summed E-state index contributed by atoms with van der Waals surface area (Å²) in [5, 5.41) is 7.25. The number of nitrogens with two attached hydrogens (primary N) is 1. The number of aromatic nitrogens is 1. The van der Waals surface area contributed by atoms with Crippen LogP contribution in [0.15, 0.2) is 45.0 Å². The molecular weight excluding hydrogens is 370 g/mol. The second-order valence-corrected chi connectivity index (χ2v) is 9.02. The Morgan fingerprint density at radius 1 is 1.38 bits per heavy atom. The molecular formula is C18H19N3O3S2. The quantitative estimate of drug-likeness (QED) is 0.739. The standard InChI is InChI=1S/C18H19N3O3S2/c1-11-8-13-9-14(26(19,22)23)5-6-16(13)21(11)10-15-12(2)24-18(20-15)17-4-3-7-25-17/h3-7,9,11H,8,10H2,1-2H3,(H2,19,22,23)/t11-/m1/s1. The lowest BCUT2D eigenvalue weighted by Gasteiger charge is -2.24. The molecule has 8 heteroatoms. The average Bonchev–Trinajstić information content (AvgIpc) is 3.27. The number of fused-ring (bicyclic) bond motifs is 1. The van der Waals surface area contributed by atoms with Crippen molar-refractivity contribution in [1.82, 2.24) is 4.98 Å². The van der Waals surface area contributed by atoms with Crippen LogP contribution in [-0.2, 0) is 23.0 Å². The van der Waals surface area contributed by atoms with Crippen LogP contribution < -0.4 is 10.0 Å². The Kier molecular flexibility index (Phi) is 4.13. The van der Waals surface area contributed by atoms with Crippen LogP contribution in [-0.4, -0.2) is 19.4 Å². The van der Waals surface area contributed by atoms with Crippen LogP contribution in [0, 0.1) is 6.92 Å². The van der Waals surface area contributed by atoms with Crippen molar-refractivity contribution >= 4 is 27.0 Å². The van der Waals surface area contributed by atoms with Gasteiger partial charge in [-0.15, -0.1) is 11.3 Å². The topological polar surface area (TPSA) is 89.4 Å². The van der Waals surface area contributed by atoms with E-state index in [9.17, 15) is 8.42 Å². The number of aryl methyl sites for hydroxylation is 1. The van der Waals surface area contributed by atoms with E-state index < -0.39 is 10.0 Å². The molecule has 2 N–H and O–H groups in total. The van der Waals surface area contributed by atoms with Gasteiger partial charge in [0.2, 0.25) is 15.9 Å². The van der Waals surface area contributed by atoms with Crippen LogP contribution in [0.4, 0.5) is 5.69 Å². The van der Waals surface area contributed by atoms with E-state index in [0.29, 0.717) is 12.4 Å². The van der Waals surface area contributed by atoms with Gasteiger partial charge in [0.15, 0.2) is 0 Å². The first kappa shape index (κ1) is 17.3. The van der Waals surface area contributed by atoms with Crippen molar-refractivity contribution in [3.8, 4) is 10.8 Å². The van der Waals surface area contributed by atoms with Crippen molar-refractivity contribution < 1.29 is 12.8 Å². The van der Waals surface area contributed by atoms with E-state index in [4.69, 9.17) is 9.56 Å². The number of sulfonamides is 1. The normalized spacial score (nSPS) is 16.9. The zero-order valence-electron chi connectivity index (χ0n) is 14.5. The molecule has 0 spiro atoms. The van der Waals surface area contributed by atoms with Gasteiger partial charge in [0.1, 0.15) is 11.5 Å². The predicted octanol–water partition coefficient (Wildman–Crippen LogP) is 3.31. The summed E-state index contributed by atoms with van der Waals surface area (Å²) in [5.41, 5.74) is 2.90. The Hall–Kier alpha value is -2.16. The van der Waals surface area contributed by atoms with Gasteiger partial charge in [0, 0.05) is 11.7 Å². The van der Waals surface area contributed by atoms with E-state index in [1.54, 1.807) is 23.5 Å². The molecule has 2 aromatic heterocycles. The molecule has 0 radical (unpaired) electrons. The molecule has 0 amide bonds. The summed E-state index contributed by atoms with van der Waals surface area (Å²) >= 11 is 1.60. The van der Waals surface area contributed by atoms with Gasteiger partial charge >= 0.3 is 0 Å². The van der Waals surface area contributed by atoms with Gasteiger partial charge in [-0.05, 0) is 55.5 Å². The van der Waals surface area contributed by atoms with Crippen molar-refractivity contribution in [2.45, 2.75) is 37.8 Å². The van der Waals surface area contributed by atoms with Crippen molar-refractivity contribution in [2.75, 3.05) is 4.90 Å². The van der Waals surface area contributed by atoms with Crippen LogP contribution in [0.25, 0.3) is 10.8 Å². The Morgan fingerprint density at radius 2 is 2.19 bits per heavy atom. The molecule has 0 saturated heterocycles. The van der Waals surface area contributed by atoms with Gasteiger partial charge in [-0.2, -0.15) is 0 Å². The van der Waals surface area contributed by atoms with Gasteiger partial charge in [-0.25, -0.2) is 18.5 Å². The van der Waals surface area contributed by atoms with Crippen molar-refractivity contribution in [1.29, 1.82) is 0 Å². The molecule has 1 aliphatic rings. The maximum atomic E-state index is 11.6. The fourth-order valence-electron chi connectivity index (χ4n) is 3.33. The third kappa shape index (κ3) is 3.04. The molecule has 4 rings (SSSR count). The maximum absolute atomic E-state index is 11.6. The van der Waals surface area contributed by atoms with Gasteiger partial charge < -0.3 is 9.32 Å². The number of primary sulfonamides is 1. The van der Waals surface area contributed by atoms with Crippen LogP contribution >= 0.6 is 11.3 Å². The Morgan fingerprint density at radius 3 is 2.88 bits per heavy atom. The first-order chi connectivity index (χ1) is 12.3. The lowest BCUT2D eigenvalue weighted by molar-refractivity contribution is 0.539. The summed E-state index contributed by atoms with van der Waals surface area (Å²) in [6.07, 6.45) is 0.771. The minimum absolute atomic E-state index is 0.155. The summed E-state index contributed by atoms with van der Waals surface area (Å²) < 4.78 is 29.0. The fourth-order valence-corrected chi connectivity index (χ4v) is 4.54. The van der Waals surface area contributed by atoms with E-state index in [-0.39, 0.29) is 10.9 Å². The van der Waals surface area contributed by atoms with Crippen LogP contribution in [0.2, 0.25) is 0 Å². The zero-order chi connectivity index (χ0) is 18.5. The molecule has 0 aliphatic carbocycles. The molecule has 6 nitrogen and oxygen atoms in total. The fraction of sp³-hybridized carbons (Fsp3) is 0.278. The molecule has 0 fully saturated rings. The minimum Gasteiger partial charge on any atom is -0.440 e. The third-order valence-corrected chi connectivity index (χ3v) is 6.45. The molecule has 3 aromatic rings. The minimum atomic E-state index is -3.69. The first-order valence-electron chi connectivity index (χ1n) is 8.25. The average molecular weight is 390 g/mol. The highest BCUT2D eigenvalue weighted by Gasteiger charge is 2.28. The van der Waals surface area contributed by atoms with Crippen molar-refractivity contribution in [3.05, 3.63) is 52.7 Å². The molecule has 0 unspecified atom stereocenters. The summed E-state index contributed by atoms with van der Waals surface area (Å²) in [6, 6.07) is 9.26. The number of oxazole rings is 1. The van der Waals surface area contributed by atoms with Gasteiger partial charge in [-0.3, -0.25) is 0 Å². The number of anilines is 1. The van der Waals surface area contributed by atoms with Crippen LogP contribution in [0.3, 0.4) is 0 Å². The number of thiophene rings is 1. The van der Waals surface area contributed by atoms with Crippen molar-refractivity contribution in [3.63, 3.8) is 0 Å². The largest absolute Gasteiger partial charge is 0.440 e. The first-order valence-corrected chi connectivity index (χ1v) is 10.7. The number of nitrogens with zero attached hydrogens (tertiary/aromatic N) is 2. The highest BCUT2D eigenvalue weighted by molar-refractivity contribution is 7.89. The summed E-state index contributed by atoms with van der Waals surface area (Å²) in [7, 11) is -3.69. The predicted molar refractivity (Wildman–Crippen MR) is 102 cm³/mol. The Balaban J connectivity index is 1.64. The third-order valence-electron chi connectivity index (χ3n) is 4.68. The highest BCUT2D eigenvalue weighted by Crippen LogP contribution is 2.35. The number of benzene rings is 1. The molecule has 1 aromatic carbocycles. The molecule has 0 bridgehead atoms. The zero-order valence-corrected chi connectivity index (χ0v) is 16.1. The molecule has 3 heterocycles. The number of hydrogen-bond donors (Lipinski definition) is 1. The highest BCUT2D eigenvalue weighted by atomic mass is 32.2. The maximum Gasteiger partial charge on any atom is 0.238 e. The molecule has 136 valence electrons. The Labute approximate surface area is 156 Å². The van der Waals surface area contributed by atoms with E-state index in [1.165, 1.54) is 0 Å². The summed E-state index contributed by atoms with van der Waals surface area (Å²) in [6.45, 7) is 4.65. The van der Waals surface area contributed by atoms with Crippen LogP contribution in [0.1, 0.15) is 23.9 Å². The Bertz CT molecular complexity index is 1060. The number of rotatable bonds is 4. The second kappa shape index (κ2) is 6.22. The van der Waals surface area contributed by atoms with E-state index in [1.807, 2.05) is 30.5 Å². The molecule has 0 saturated carbocycles. The van der Waals surface area contributed by atoms with Crippen molar-refractivity contribution in [2.24, 2.45) is 5.14 Å². The number of hydrogen-bond acceptors (Lipinski definition) is 6. The van der Waals surface area contributed by atoms with E-state index >= 15 is 0 Å². The van der Waals surface area contributed by atoms with E-state index in [0.717, 1.165) is 34.0 Å². The molecule has 1 atom stereocenters. The van der Waals surface area contributed by atoms with Gasteiger partial charge in [0.25, 0.3) is 0 Å². The lowest BCUT2D eigenvalue weighted by atomic mass is 10.1. The molecule has 26 heavy (non-hydrogen) atoms. The monoisotopic (exact) mass is 389 g/mol. The smallest absolute Gasteiger partial charge is 0.238 e. The lowest BCUT2D eigenvalue weighted by Crippen LogP contribution is -2.29.